The molecule has 1 aliphatic rings. The molecule has 2 aromatic carbocycles. The summed E-state index contributed by atoms with van der Waals surface area (Å²) in [5, 5.41) is 12.0. The smallest absolute Gasteiger partial charge is 0.255 e. The third-order valence-corrected chi connectivity index (χ3v) is 5.43. The number of nitrogens with one attached hydrogen (secondary N) is 1. The Morgan fingerprint density at radius 3 is 2.62 bits per heavy atom. The Labute approximate surface area is 171 Å². The Balaban J connectivity index is 1.42. The molecule has 0 saturated carbocycles. The van der Waals surface area contributed by atoms with E-state index in [1.807, 2.05) is 18.2 Å². The van der Waals surface area contributed by atoms with Gasteiger partial charge < -0.3 is 15.0 Å². The van der Waals surface area contributed by atoms with Crippen molar-refractivity contribution in [3.05, 3.63) is 65.0 Å². The highest BCUT2D eigenvalue weighted by Crippen LogP contribution is 2.22. The fraction of sp³-hybridized carbons (Fsp3) is 0.391. The van der Waals surface area contributed by atoms with Gasteiger partial charge in [-0.25, -0.2) is 4.39 Å². The van der Waals surface area contributed by atoms with E-state index in [9.17, 15) is 9.18 Å². The third kappa shape index (κ3) is 5.78. The van der Waals surface area contributed by atoms with Gasteiger partial charge in [0, 0.05) is 13.1 Å². The second-order valence-corrected chi connectivity index (χ2v) is 7.40. The molecule has 1 amide bonds. The summed E-state index contributed by atoms with van der Waals surface area (Å²) in [6.07, 6.45) is 3.19. The van der Waals surface area contributed by atoms with Crippen LogP contribution in [-0.2, 0) is 6.42 Å². The van der Waals surface area contributed by atoms with Gasteiger partial charge in [-0.15, -0.1) is 0 Å². The maximum Gasteiger partial charge on any atom is 0.255 e. The highest BCUT2D eigenvalue weighted by Gasteiger charge is 2.20. The molecule has 0 atom stereocenters. The van der Waals surface area contributed by atoms with Crippen molar-refractivity contribution in [1.82, 2.24) is 10.2 Å². The van der Waals surface area contributed by atoms with Gasteiger partial charge in [-0.3, -0.25) is 4.79 Å². The maximum absolute atomic E-state index is 13.0. The van der Waals surface area contributed by atoms with E-state index in [0.717, 1.165) is 38.9 Å². The first-order valence-corrected chi connectivity index (χ1v) is 9.92. The van der Waals surface area contributed by atoms with E-state index in [-0.39, 0.29) is 11.7 Å². The van der Waals surface area contributed by atoms with Crippen molar-refractivity contribution >= 4 is 5.91 Å². The molecule has 0 radical (unpaired) electrons. The minimum absolute atomic E-state index is 0.192. The number of rotatable bonds is 7. The summed E-state index contributed by atoms with van der Waals surface area (Å²) < 4.78 is 18.3. The minimum atomic E-state index is -0.231. The number of nitrogens with zero attached hydrogens (tertiary/aromatic N) is 2. The van der Waals surface area contributed by atoms with Gasteiger partial charge in [0.05, 0.1) is 24.3 Å². The summed E-state index contributed by atoms with van der Waals surface area (Å²) in [7, 11) is 1.51. The average Bonchev–Trinajstić information content (AvgIpc) is 2.76. The van der Waals surface area contributed by atoms with Crippen molar-refractivity contribution in [2.45, 2.75) is 19.3 Å². The van der Waals surface area contributed by atoms with E-state index < -0.39 is 0 Å². The standard InChI is InChI=1S/C23H26FN3O2/c1-29-22-7-4-19(16-25)15-21(22)23(28)26-10-13-27-11-8-18(9-12-27)14-17-2-5-20(24)6-3-17/h2-7,15,18H,8-14H2,1H3,(H,26,28). The van der Waals surface area contributed by atoms with Crippen LogP contribution in [0.15, 0.2) is 42.5 Å². The predicted molar refractivity (Wildman–Crippen MR) is 109 cm³/mol. The number of carbonyl (C=O) groups excluding carboxylic acids is 1. The quantitative estimate of drug-likeness (QED) is 0.781. The van der Waals surface area contributed by atoms with E-state index in [2.05, 4.69) is 10.2 Å². The number of carbonyl (C=O) groups is 1. The Hall–Kier alpha value is -2.91. The van der Waals surface area contributed by atoms with Crippen LogP contribution in [0.3, 0.4) is 0 Å². The summed E-state index contributed by atoms with van der Waals surface area (Å²) in [4.78, 5) is 14.8. The molecule has 1 aliphatic heterocycles. The van der Waals surface area contributed by atoms with Crippen LogP contribution in [0.2, 0.25) is 0 Å². The molecule has 0 spiro atoms. The summed E-state index contributed by atoms with van der Waals surface area (Å²) in [6, 6.07) is 13.6. The number of hydrogen-bond acceptors (Lipinski definition) is 4. The average molecular weight is 395 g/mol. The third-order valence-electron chi connectivity index (χ3n) is 5.43. The van der Waals surface area contributed by atoms with E-state index >= 15 is 0 Å². The molecule has 0 aromatic heterocycles. The molecule has 152 valence electrons. The normalized spacial score (nSPS) is 14.9. The van der Waals surface area contributed by atoms with Gasteiger partial charge in [0.1, 0.15) is 11.6 Å². The van der Waals surface area contributed by atoms with E-state index in [1.54, 1.807) is 18.2 Å². The second-order valence-electron chi connectivity index (χ2n) is 7.40. The highest BCUT2D eigenvalue weighted by atomic mass is 19.1. The number of methoxy groups -OCH3 is 1. The number of nitriles is 1. The maximum atomic E-state index is 13.0. The van der Waals surface area contributed by atoms with Crippen LogP contribution < -0.4 is 10.1 Å². The molecule has 1 N–H and O–H groups in total. The van der Waals surface area contributed by atoms with Crippen LogP contribution in [0, 0.1) is 23.1 Å². The molecule has 1 fully saturated rings. The van der Waals surface area contributed by atoms with Gasteiger partial charge in [0.25, 0.3) is 5.91 Å². The number of halogens is 1. The van der Waals surface area contributed by atoms with E-state index in [0.29, 0.717) is 29.3 Å². The first-order chi connectivity index (χ1) is 14.1. The number of ether oxygens (including phenoxy) is 1. The van der Waals surface area contributed by atoms with Crippen LogP contribution in [0.4, 0.5) is 4.39 Å². The van der Waals surface area contributed by atoms with E-state index in [1.165, 1.54) is 24.8 Å². The molecule has 1 saturated heterocycles. The second kappa shape index (κ2) is 10.0. The van der Waals surface area contributed by atoms with E-state index in [4.69, 9.17) is 10.00 Å². The number of piperidine rings is 1. The Kier molecular flexibility index (Phi) is 7.20. The van der Waals surface area contributed by atoms with Crippen LogP contribution in [0.5, 0.6) is 5.75 Å². The van der Waals surface area contributed by atoms with Crippen molar-refractivity contribution in [1.29, 1.82) is 5.26 Å². The first-order valence-electron chi connectivity index (χ1n) is 9.92. The van der Waals surface area contributed by atoms with Crippen molar-refractivity contribution < 1.29 is 13.9 Å². The molecule has 1 heterocycles. The van der Waals surface area contributed by atoms with Gasteiger partial charge in [-0.05, 0) is 74.2 Å². The lowest BCUT2D eigenvalue weighted by atomic mass is 9.90. The summed E-state index contributed by atoms with van der Waals surface area (Å²) in [6.45, 7) is 3.32. The van der Waals surface area contributed by atoms with Gasteiger partial charge >= 0.3 is 0 Å². The fourth-order valence-electron chi connectivity index (χ4n) is 3.75. The Morgan fingerprint density at radius 1 is 1.24 bits per heavy atom. The summed E-state index contributed by atoms with van der Waals surface area (Å²) in [5.41, 5.74) is 1.99. The van der Waals surface area contributed by atoms with Crippen LogP contribution in [0.25, 0.3) is 0 Å². The van der Waals surface area contributed by atoms with Crippen LogP contribution in [-0.4, -0.2) is 44.1 Å². The van der Waals surface area contributed by atoms with Gasteiger partial charge in [0.15, 0.2) is 0 Å². The fourth-order valence-corrected chi connectivity index (χ4v) is 3.75. The molecule has 0 bridgehead atoms. The van der Waals surface area contributed by atoms with Crippen molar-refractivity contribution in [2.24, 2.45) is 5.92 Å². The predicted octanol–water partition coefficient (Wildman–Crippen LogP) is 3.39. The minimum Gasteiger partial charge on any atom is -0.496 e. The van der Waals surface area contributed by atoms with Crippen LogP contribution in [0.1, 0.15) is 34.3 Å². The zero-order valence-electron chi connectivity index (χ0n) is 16.7. The zero-order valence-corrected chi connectivity index (χ0v) is 16.7. The molecule has 2 aromatic rings. The Bertz CT molecular complexity index is 869. The number of benzene rings is 2. The lowest BCUT2D eigenvalue weighted by Gasteiger charge is -2.32. The SMILES string of the molecule is COc1ccc(C#N)cc1C(=O)NCCN1CCC(Cc2ccc(F)cc2)CC1. The molecular formula is C23H26FN3O2. The Morgan fingerprint density at radius 2 is 1.97 bits per heavy atom. The van der Waals surface area contributed by atoms with Gasteiger partial charge in [-0.2, -0.15) is 5.26 Å². The molecular weight excluding hydrogens is 369 g/mol. The zero-order chi connectivity index (χ0) is 20.6. The lowest BCUT2D eigenvalue weighted by Crippen LogP contribution is -2.40. The van der Waals surface area contributed by atoms with Gasteiger partial charge in [-0.1, -0.05) is 12.1 Å². The van der Waals surface area contributed by atoms with Gasteiger partial charge in [0.2, 0.25) is 0 Å². The molecule has 29 heavy (non-hydrogen) atoms. The van der Waals surface area contributed by atoms with Crippen molar-refractivity contribution in [2.75, 3.05) is 33.3 Å². The lowest BCUT2D eigenvalue weighted by molar-refractivity contribution is 0.0941. The molecule has 0 unspecified atom stereocenters. The summed E-state index contributed by atoms with van der Waals surface area (Å²) >= 11 is 0. The topological polar surface area (TPSA) is 65.4 Å². The number of likely N-dealkylation sites (tertiary alicyclic amines) is 1. The monoisotopic (exact) mass is 395 g/mol. The molecule has 3 rings (SSSR count). The number of amides is 1. The van der Waals surface area contributed by atoms with Crippen molar-refractivity contribution in [3.63, 3.8) is 0 Å². The molecule has 5 nitrogen and oxygen atoms in total. The van der Waals surface area contributed by atoms with Crippen LogP contribution >= 0.6 is 0 Å². The summed E-state index contributed by atoms with van der Waals surface area (Å²) in [5.74, 6) is 0.653. The molecule has 0 aliphatic carbocycles. The first kappa shape index (κ1) is 20.8. The van der Waals surface area contributed by atoms with Crippen molar-refractivity contribution in [3.8, 4) is 11.8 Å². The largest absolute Gasteiger partial charge is 0.496 e. The molecule has 6 heteroatoms. The number of hydrogen-bond donors (Lipinski definition) is 1. The highest BCUT2D eigenvalue weighted by molar-refractivity contribution is 5.97.